The maximum absolute atomic E-state index is 5.95. The summed E-state index contributed by atoms with van der Waals surface area (Å²) in [4.78, 5) is 4.27. The zero-order chi connectivity index (χ0) is 17.9. The monoisotopic (exact) mass is 347 g/mol. The standard InChI is InChI=1S/C20H33N3O2/c1-16-10-11-17(14-19(16)24-3)15-23-20(21-2)22-12-7-13-25-18-8-5-4-6-9-18/h10-11,14,18H,4-9,12-13,15H2,1-3H3,(H2,21,22,23). The van der Waals surface area contributed by atoms with Crippen LogP contribution < -0.4 is 15.4 Å². The topological polar surface area (TPSA) is 54.9 Å². The van der Waals surface area contributed by atoms with Gasteiger partial charge in [0.1, 0.15) is 5.75 Å². The predicted octanol–water partition coefficient (Wildman–Crippen LogP) is 3.41. The molecule has 2 N–H and O–H groups in total. The highest BCUT2D eigenvalue weighted by Gasteiger charge is 2.12. The van der Waals surface area contributed by atoms with Gasteiger partial charge in [0.05, 0.1) is 13.2 Å². The molecule has 0 aromatic heterocycles. The third kappa shape index (κ3) is 6.94. The zero-order valence-corrected chi connectivity index (χ0v) is 15.9. The maximum Gasteiger partial charge on any atom is 0.191 e. The fraction of sp³-hybridized carbons (Fsp3) is 0.650. The van der Waals surface area contributed by atoms with E-state index in [0.717, 1.165) is 43.4 Å². The molecule has 0 radical (unpaired) electrons. The van der Waals surface area contributed by atoms with E-state index < -0.39 is 0 Å². The summed E-state index contributed by atoms with van der Waals surface area (Å²) < 4.78 is 11.3. The molecule has 0 atom stereocenters. The first-order valence-electron chi connectivity index (χ1n) is 9.42. The molecule has 5 nitrogen and oxygen atoms in total. The molecule has 0 unspecified atom stereocenters. The molecule has 5 heteroatoms. The molecular weight excluding hydrogens is 314 g/mol. The minimum absolute atomic E-state index is 0.489. The summed E-state index contributed by atoms with van der Waals surface area (Å²) in [6, 6.07) is 6.25. The highest BCUT2D eigenvalue weighted by atomic mass is 16.5. The largest absolute Gasteiger partial charge is 0.496 e. The van der Waals surface area contributed by atoms with Crippen molar-refractivity contribution >= 4 is 5.96 Å². The lowest BCUT2D eigenvalue weighted by molar-refractivity contribution is 0.0277. The second kappa shape index (κ2) is 11.0. The van der Waals surface area contributed by atoms with Crippen molar-refractivity contribution in [2.75, 3.05) is 27.3 Å². The van der Waals surface area contributed by atoms with Gasteiger partial charge in [-0.15, -0.1) is 0 Å². The summed E-state index contributed by atoms with van der Waals surface area (Å²) >= 11 is 0. The number of methoxy groups -OCH3 is 1. The minimum atomic E-state index is 0.489. The van der Waals surface area contributed by atoms with Gasteiger partial charge in [-0.2, -0.15) is 0 Å². The molecule has 0 spiro atoms. The molecular formula is C20H33N3O2. The van der Waals surface area contributed by atoms with E-state index in [9.17, 15) is 0 Å². The molecule has 1 aromatic carbocycles. The summed E-state index contributed by atoms with van der Waals surface area (Å²) in [5.74, 6) is 1.74. The van der Waals surface area contributed by atoms with Gasteiger partial charge >= 0.3 is 0 Å². The Labute approximate surface area is 152 Å². The van der Waals surface area contributed by atoms with Crippen molar-refractivity contribution in [3.05, 3.63) is 29.3 Å². The van der Waals surface area contributed by atoms with E-state index in [4.69, 9.17) is 9.47 Å². The Morgan fingerprint density at radius 1 is 1.20 bits per heavy atom. The van der Waals surface area contributed by atoms with Gasteiger partial charge in [-0.05, 0) is 43.4 Å². The Balaban J connectivity index is 1.63. The van der Waals surface area contributed by atoms with Gasteiger partial charge in [0.15, 0.2) is 5.96 Å². The lowest BCUT2D eigenvalue weighted by atomic mass is 9.98. The van der Waals surface area contributed by atoms with Crippen molar-refractivity contribution < 1.29 is 9.47 Å². The number of ether oxygens (including phenoxy) is 2. The number of nitrogens with zero attached hydrogens (tertiary/aromatic N) is 1. The molecule has 1 aliphatic carbocycles. The van der Waals surface area contributed by atoms with Crippen LogP contribution in [0.3, 0.4) is 0 Å². The van der Waals surface area contributed by atoms with Crippen LogP contribution in [-0.2, 0) is 11.3 Å². The predicted molar refractivity (Wildman–Crippen MR) is 103 cm³/mol. The molecule has 0 amide bonds. The van der Waals surface area contributed by atoms with Gasteiger partial charge in [-0.3, -0.25) is 4.99 Å². The number of guanidine groups is 1. The van der Waals surface area contributed by atoms with Crippen molar-refractivity contribution in [3.8, 4) is 5.75 Å². The van der Waals surface area contributed by atoms with E-state index in [1.165, 1.54) is 37.7 Å². The molecule has 1 fully saturated rings. The molecule has 0 saturated heterocycles. The van der Waals surface area contributed by atoms with E-state index >= 15 is 0 Å². The fourth-order valence-electron chi connectivity index (χ4n) is 3.14. The van der Waals surface area contributed by atoms with Gasteiger partial charge in [0.25, 0.3) is 0 Å². The number of nitrogens with one attached hydrogen (secondary N) is 2. The lowest BCUT2D eigenvalue weighted by Crippen LogP contribution is -2.37. The number of rotatable bonds is 8. The van der Waals surface area contributed by atoms with Crippen LogP contribution in [0.5, 0.6) is 5.75 Å². The third-order valence-electron chi connectivity index (χ3n) is 4.68. The molecule has 0 aliphatic heterocycles. The van der Waals surface area contributed by atoms with Crippen molar-refractivity contribution in [1.82, 2.24) is 10.6 Å². The van der Waals surface area contributed by atoms with Crippen LogP contribution in [0.25, 0.3) is 0 Å². The number of aryl methyl sites for hydroxylation is 1. The average molecular weight is 348 g/mol. The van der Waals surface area contributed by atoms with E-state index in [0.29, 0.717) is 6.10 Å². The first-order chi connectivity index (χ1) is 12.2. The number of aliphatic imine (C=N–C) groups is 1. The summed E-state index contributed by atoms with van der Waals surface area (Å²) in [6.45, 7) is 4.45. The Bertz CT molecular complexity index is 540. The fourth-order valence-corrected chi connectivity index (χ4v) is 3.14. The van der Waals surface area contributed by atoms with Crippen LogP contribution in [0.4, 0.5) is 0 Å². The Kier molecular flexibility index (Phi) is 8.60. The van der Waals surface area contributed by atoms with Crippen molar-refractivity contribution in [1.29, 1.82) is 0 Å². The van der Waals surface area contributed by atoms with Crippen LogP contribution in [0, 0.1) is 6.92 Å². The van der Waals surface area contributed by atoms with Crippen molar-refractivity contribution in [2.45, 2.75) is 58.1 Å². The number of benzene rings is 1. The van der Waals surface area contributed by atoms with Gasteiger partial charge in [0.2, 0.25) is 0 Å². The lowest BCUT2D eigenvalue weighted by Gasteiger charge is -2.22. The summed E-state index contributed by atoms with van der Waals surface area (Å²) in [5, 5.41) is 6.68. The quantitative estimate of drug-likeness (QED) is 0.430. The molecule has 1 saturated carbocycles. The van der Waals surface area contributed by atoms with E-state index in [1.54, 1.807) is 14.2 Å². The molecule has 1 aliphatic rings. The second-order valence-electron chi connectivity index (χ2n) is 6.64. The van der Waals surface area contributed by atoms with Gasteiger partial charge in [-0.1, -0.05) is 31.4 Å². The Morgan fingerprint density at radius 3 is 2.72 bits per heavy atom. The molecule has 0 heterocycles. The van der Waals surface area contributed by atoms with E-state index in [2.05, 4.69) is 33.8 Å². The van der Waals surface area contributed by atoms with Crippen LogP contribution in [0.1, 0.15) is 49.7 Å². The smallest absolute Gasteiger partial charge is 0.191 e. The van der Waals surface area contributed by atoms with Crippen LogP contribution in [0.2, 0.25) is 0 Å². The van der Waals surface area contributed by atoms with Crippen LogP contribution in [0.15, 0.2) is 23.2 Å². The maximum atomic E-state index is 5.95. The summed E-state index contributed by atoms with van der Waals surface area (Å²) in [5.41, 5.74) is 2.32. The first kappa shape index (κ1) is 19.6. The molecule has 25 heavy (non-hydrogen) atoms. The van der Waals surface area contributed by atoms with Gasteiger partial charge < -0.3 is 20.1 Å². The highest BCUT2D eigenvalue weighted by molar-refractivity contribution is 5.79. The minimum Gasteiger partial charge on any atom is -0.496 e. The normalized spacial score (nSPS) is 15.9. The van der Waals surface area contributed by atoms with Crippen LogP contribution in [-0.4, -0.2) is 39.4 Å². The van der Waals surface area contributed by atoms with Crippen LogP contribution >= 0.6 is 0 Å². The van der Waals surface area contributed by atoms with Gasteiger partial charge in [0, 0.05) is 26.7 Å². The summed E-state index contributed by atoms with van der Waals surface area (Å²) in [6.07, 6.45) is 7.97. The van der Waals surface area contributed by atoms with E-state index in [1.807, 2.05) is 6.92 Å². The van der Waals surface area contributed by atoms with Gasteiger partial charge in [-0.25, -0.2) is 0 Å². The van der Waals surface area contributed by atoms with Crippen molar-refractivity contribution in [3.63, 3.8) is 0 Å². The molecule has 1 aromatic rings. The third-order valence-corrected chi connectivity index (χ3v) is 4.68. The highest BCUT2D eigenvalue weighted by Crippen LogP contribution is 2.20. The average Bonchev–Trinajstić information content (AvgIpc) is 2.66. The first-order valence-corrected chi connectivity index (χ1v) is 9.42. The summed E-state index contributed by atoms with van der Waals surface area (Å²) in [7, 11) is 3.50. The second-order valence-corrected chi connectivity index (χ2v) is 6.64. The molecule has 2 rings (SSSR count). The Morgan fingerprint density at radius 2 is 2.00 bits per heavy atom. The zero-order valence-electron chi connectivity index (χ0n) is 15.9. The Hall–Kier alpha value is -1.75. The number of hydrogen-bond acceptors (Lipinski definition) is 3. The van der Waals surface area contributed by atoms with E-state index in [-0.39, 0.29) is 0 Å². The van der Waals surface area contributed by atoms with Crippen molar-refractivity contribution in [2.24, 2.45) is 4.99 Å². The SMILES string of the molecule is CN=C(NCCCOC1CCCCC1)NCc1ccc(C)c(OC)c1. The molecule has 0 bridgehead atoms. The molecule has 140 valence electrons. The number of hydrogen-bond donors (Lipinski definition) is 2.